The van der Waals surface area contributed by atoms with Crippen LogP contribution in [0.15, 0.2) is 30.5 Å². The van der Waals surface area contributed by atoms with Gasteiger partial charge in [0.2, 0.25) is 0 Å². The number of rotatable bonds is 2. The average molecular weight is 248 g/mol. The number of nitrogens with one attached hydrogen (secondary N) is 1. The molecule has 17 heavy (non-hydrogen) atoms. The summed E-state index contributed by atoms with van der Waals surface area (Å²) in [5.41, 5.74) is 9.53. The van der Waals surface area contributed by atoms with Crippen LogP contribution >= 0.6 is 11.6 Å². The fourth-order valence-corrected chi connectivity index (χ4v) is 1.85. The third-order valence-corrected chi connectivity index (χ3v) is 2.79. The Morgan fingerprint density at radius 3 is 2.65 bits per heavy atom. The van der Waals surface area contributed by atoms with E-state index in [4.69, 9.17) is 17.3 Å². The molecule has 0 aliphatic carbocycles. The van der Waals surface area contributed by atoms with Crippen molar-refractivity contribution in [1.29, 1.82) is 0 Å². The number of nitrogen functional groups attached to an aromatic ring is 1. The lowest BCUT2D eigenvalue weighted by atomic mass is 10.1. The first-order valence-electron chi connectivity index (χ1n) is 5.31. The van der Waals surface area contributed by atoms with E-state index >= 15 is 0 Å². The van der Waals surface area contributed by atoms with Gasteiger partial charge in [0, 0.05) is 5.69 Å². The number of hydrogen-bond acceptors (Lipinski definition) is 3. The highest BCUT2D eigenvalue weighted by atomic mass is 35.5. The Balaban J connectivity index is 2.31. The molecule has 0 spiro atoms. The van der Waals surface area contributed by atoms with Crippen molar-refractivity contribution in [3.63, 3.8) is 0 Å². The first-order chi connectivity index (χ1) is 8.06. The van der Waals surface area contributed by atoms with Gasteiger partial charge in [-0.25, -0.2) is 4.98 Å². The van der Waals surface area contributed by atoms with Crippen LogP contribution in [0.2, 0.25) is 5.02 Å². The maximum absolute atomic E-state index is 6.06. The van der Waals surface area contributed by atoms with Crippen LogP contribution in [-0.4, -0.2) is 4.98 Å². The average Bonchev–Trinajstić information content (AvgIpc) is 2.25. The normalized spacial score (nSPS) is 10.3. The van der Waals surface area contributed by atoms with Gasteiger partial charge in [-0.15, -0.1) is 0 Å². The molecule has 3 nitrogen and oxygen atoms in total. The van der Waals surface area contributed by atoms with Crippen LogP contribution in [0.1, 0.15) is 11.1 Å². The molecule has 4 heteroatoms. The summed E-state index contributed by atoms with van der Waals surface area (Å²) in [7, 11) is 0. The number of halogens is 1. The number of nitrogens with two attached hydrogens (primary N) is 1. The lowest BCUT2D eigenvalue weighted by molar-refractivity contribution is 1.29. The molecule has 0 fully saturated rings. The first-order valence-corrected chi connectivity index (χ1v) is 5.69. The van der Waals surface area contributed by atoms with Crippen molar-refractivity contribution < 1.29 is 0 Å². The molecule has 0 radical (unpaired) electrons. The van der Waals surface area contributed by atoms with Crippen LogP contribution in [0.3, 0.4) is 0 Å². The number of hydrogen-bond donors (Lipinski definition) is 2. The molecule has 1 heterocycles. The minimum atomic E-state index is 0.518. The summed E-state index contributed by atoms with van der Waals surface area (Å²) in [4.78, 5) is 4.17. The highest BCUT2D eigenvalue weighted by Gasteiger charge is 2.04. The molecule has 0 saturated heterocycles. The van der Waals surface area contributed by atoms with Gasteiger partial charge >= 0.3 is 0 Å². The molecular formula is C13H14ClN3. The van der Waals surface area contributed by atoms with E-state index in [1.54, 1.807) is 12.3 Å². The van der Waals surface area contributed by atoms with Gasteiger partial charge in [0.15, 0.2) is 0 Å². The van der Waals surface area contributed by atoms with Crippen molar-refractivity contribution in [1.82, 2.24) is 4.98 Å². The highest BCUT2D eigenvalue weighted by Crippen LogP contribution is 2.26. The second-order valence-corrected chi connectivity index (χ2v) is 4.45. The zero-order valence-corrected chi connectivity index (χ0v) is 10.5. The summed E-state index contributed by atoms with van der Waals surface area (Å²) in [6.07, 6.45) is 1.58. The number of anilines is 3. The lowest BCUT2D eigenvalue weighted by Gasteiger charge is -2.11. The van der Waals surface area contributed by atoms with Crippen molar-refractivity contribution in [3.05, 3.63) is 46.6 Å². The SMILES string of the molecule is Cc1ccc(Nc2ncc(N)cc2Cl)c(C)c1. The van der Waals surface area contributed by atoms with Crippen LogP contribution < -0.4 is 11.1 Å². The van der Waals surface area contributed by atoms with E-state index in [-0.39, 0.29) is 0 Å². The highest BCUT2D eigenvalue weighted by molar-refractivity contribution is 6.33. The molecule has 0 aliphatic rings. The van der Waals surface area contributed by atoms with E-state index in [0.29, 0.717) is 16.5 Å². The number of aryl methyl sites for hydroxylation is 2. The van der Waals surface area contributed by atoms with Gasteiger partial charge in [0.25, 0.3) is 0 Å². The van der Waals surface area contributed by atoms with E-state index in [0.717, 1.165) is 11.3 Å². The summed E-state index contributed by atoms with van der Waals surface area (Å²) in [5, 5.41) is 3.71. The maximum Gasteiger partial charge on any atom is 0.149 e. The number of benzene rings is 1. The lowest BCUT2D eigenvalue weighted by Crippen LogP contribution is -1.98. The summed E-state index contributed by atoms with van der Waals surface area (Å²) in [5.74, 6) is 0.618. The molecule has 1 aromatic carbocycles. The fourth-order valence-electron chi connectivity index (χ4n) is 1.63. The van der Waals surface area contributed by atoms with Crippen molar-refractivity contribution in [2.45, 2.75) is 13.8 Å². The standard InChI is InChI=1S/C13H14ClN3/c1-8-3-4-12(9(2)5-8)17-13-11(14)6-10(15)7-16-13/h3-7H,15H2,1-2H3,(H,16,17). The molecule has 0 amide bonds. The van der Waals surface area contributed by atoms with E-state index in [2.05, 4.69) is 23.3 Å². The van der Waals surface area contributed by atoms with Crippen LogP contribution in [0.4, 0.5) is 17.2 Å². The quantitative estimate of drug-likeness (QED) is 0.851. The predicted octanol–water partition coefficient (Wildman–Crippen LogP) is 3.68. The van der Waals surface area contributed by atoms with E-state index in [1.165, 1.54) is 5.56 Å². The van der Waals surface area contributed by atoms with Gasteiger partial charge in [0.05, 0.1) is 16.9 Å². The van der Waals surface area contributed by atoms with Crippen molar-refractivity contribution >= 4 is 28.8 Å². The molecule has 0 aliphatic heterocycles. The summed E-state index contributed by atoms with van der Waals surface area (Å²) >= 11 is 6.06. The van der Waals surface area contributed by atoms with Gasteiger partial charge in [-0.2, -0.15) is 0 Å². The van der Waals surface area contributed by atoms with Gasteiger partial charge in [0.1, 0.15) is 5.82 Å². The van der Waals surface area contributed by atoms with Gasteiger partial charge < -0.3 is 11.1 Å². The van der Waals surface area contributed by atoms with E-state index in [9.17, 15) is 0 Å². The van der Waals surface area contributed by atoms with E-state index < -0.39 is 0 Å². The van der Waals surface area contributed by atoms with Crippen LogP contribution in [0, 0.1) is 13.8 Å². The molecule has 0 unspecified atom stereocenters. The van der Waals surface area contributed by atoms with Crippen molar-refractivity contribution in [2.24, 2.45) is 0 Å². The topological polar surface area (TPSA) is 50.9 Å². The van der Waals surface area contributed by atoms with Gasteiger partial charge in [-0.05, 0) is 31.5 Å². The third-order valence-electron chi connectivity index (χ3n) is 2.50. The van der Waals surface area contributed by atoms with Crippen molar-refractivity contribution in [2.75, 3.05) is 11.1 Å². The second-order valence-electron chi connectivity index (χ2n) is 4.04. The number of pyridine rings is 1. The van der Waals surface area contributed by atoms with Crippen LogP contribution in [-0.2, 0) is 0 Å². The van der Waals surface area contributed by atoms with E-state index in [1.807, 2.05) is 19.1 Å². The Morgan fingerprint density at radius 2 is 2.00 bits per heavy atom. The Labute approximate surface area is 106 Å². The number of aromatic nitrogens is 1. The Bertz CT molecular complexity index is 503. The summed E-state index contributed by atoms with van der Waals surface area (Å²) in [6, 6.07) is 7.84. The second kappa shape index (κ2) is 4.63. The molecule has 0 bridgehead atoms. The molecule has 3 N–H and O–H groups in total. The first kappa shape index (κ1) is 11.7. The minimum Gasteiger partial charge on any atom is -0.397 e. The smallest absolute Gasteiger partial charge is 0.149 e. The molecule has 1 aromatic heterocycles. The molecular weight excluding hydrogens is 234 g/mol. The predicted molar refractivity (Wildman–Crippen MR) is 72.9 cm³/mol. The minimum absolute atomic E-state index is 0.518. The van der Waals surface area contributed by atoms with Crippen molar-refractivity contribution in [3.8, 4) is 0 Å². The summed E-state index contributed by atoms with van der Waals surface area (Å²) < 4.78 is 0. The molecule has 88 valence electrons. The van der Waals surface area contributed by atoms with Crippen LogP contribution in [0.25, 0.3) is 0 Å². The molecule has 0 saturated carbocycles. The third kappa shape index (κ3) is 2.68. The van der Waals surface area contributed by atoms with Gasteiger partial charge in [-0.3, -0.25) is 0 Å². The van der Waals surface area contributed by atoms with Crippen LogP contribution in [0.5, 0.6) is 0 Å². The number of nitrogens with zero attached hydrogens (tertiary/aromatic N) is 1. The largest absolute Gasteiger partial charge is 0.397 e. The maximum atomic E-state index is 6.06. The molecule has 2 aromatic rings. The summed E-state index contributed by atoms with van der Waals surface area (Å²) in [6.45, 7) is 4.10. The zero-order chi connectivity index (χ0) is 12.4. The molecule has 2 rings (SSSR count). The Morgan fingerprint density at radius 1 is 1.24 bits per heavy atom. The van der Waals surface area contributed by atoms with Gasteiger partial charge in [-0.1, -0.05) is 29.3 Å². The monoisotopic (exact) mass is 247 g/mol. The fraction of sp³-hybridized carbons (Fsp3) is 0.154. The Kier molecular flexibility index (Phi) is 3.20. The zero-order valence-electron chi connectivity index (χ0n) is 9.79. The molecule has 0 atom stereocenters. The Hall–Kier alpha value is -1.74.